The Balaban J connectivity index is 1.17. The molecule has 1 atom stereocenters. The number of piperidine rings is 1. The number of hydrogen-bond acceptors (Lipinski definition) is 6. The van der Waals surface area contributed by atoms with Crippen LogP contribution in [0.15, 0.2) is 60.9 Å². The number of anilines is 2. The van der Waals surface area contributed by atoms with Crippen LogP contribution >= 0.6 is 0 Å². The number of alkyl halides is 1. The Morgan fingerprint density at radius 1 is 1.06 bits per heavy atom. The summed E-state index contributed by atoms with van der Waals surface area (Å²) in [5.74, 6) is 2.68. The van der Waals surface area contributed by atoms with Crippen molar-refractivity contribution in [2.24, 2.45) is 11.8 Å². The Bertz CT molecular complexity index is 1130. The molecule has 5 rings (SSSR count). The molecule has 2 fully saturated rings. The van der Waals surface area contributed by atoms with Gasteiger partial charge in [-0.2, -0.15) is 0 Å². The van der Waals surface area contributed by atoms with Crippen molar-refractivity contribution in [2.45, 2.75) is 38.1 Å². The number of hydrogen-bond donors (Lipinski definition) is 1. The molecule has 1 N–H and O–H groups in total. The topological polar surface area (TPSA) is 61.7 Å². The zero-order chi connectivity index (χ0) is 24.9. The first-order valence-electron chi connectivity index (χ1n) is 12.9. The van der Waals surface area contributed by atoms with Gasteiger partial charge in [0.15, 0.2) is 0 Å². The van der Waals surface area contributed by atoms with Crippen molar-refractivity contribution < 1.29 is 14.2 Å². The third kappa shape index (κ3) is 5.89. The van der Waals surface area contributed by atoms with Gasteiger partial charge in [0, 0.05) is 62.8 Å². The van der Waals surface area contributed by atoms with Gasteiger partial charge in [-0.1, -0.05) is 12.1 Å². The lowest BCUT2D eigenvalue weighted by Crippen LogP contribution is -2.36. The number of phenolic OH excluding ortho intramolecular Hbond substituents is 1. The summed E-state index contributed by atoms with van der Waals surface area (Å²) in [6.45, 7) is 2.80. The summed E-state index contributed by atoms with van der Waals surface area (Å²) in [5.41, 5.74) is 3.24. The lowest BCUT2D eigenvalue weighted by atomic mass is 9.96. The lowest BCUT2D eigenvalue weighted by molar-refractivity contribution is 0.215. The number of nitrogens with zero attached hydrogens (tertiary/aromatic N) is 4. The average Bonchev–Trinajstić information content (AvgIpc) is 3.75. The molecule has 190 valence electrons. The number of rotatable bonds is 10. The van der Waals surface area contributed by atoms with E-state index >= 15 is 0 Å². The van der Waals surface area contributed by atoms with Crippen LogP contribution in [0.4, 0.5) is 15.9 Å². The molecule has 1 saturated carbocycles. The minimum atomic E-state index is -0.318. The first kappa shape index (κ1) is 24.3. The minimum absolute atomic E-state index is 0.0215. The van der Waals surface area contributed by atoms with E-state index in [4.69, 9.17) is 4.74 Å². The number of benzene rings is 1. The van der Waals surface area contributed by atoms with E-state index in [1.807, 2.05) is 49.5 Å². The van der Waals surface area contributed by atoms with Crippen LogP contribution in [0.1, 0.15) is 42.7 Å². The standard InChI is InChI=1S/C29H35FN4O2/c1-33(28-4-2-3-12-31-28)19-24-7-8-25(35)17-27(24)34-14-10-21(11-15-34)20-36-29-16-23(9-13-32-29)26(18-30)22-5-6-22/h2-4,7-9,12-13,16-17,21-22,26,35H,5-6,10-11,14-15,18-20H2,1H3. The molecule has 36 heavy (non-hydrogen) atoms. The molecule has 0 radical (unpaired) electrons. The fraction of sp³-hybridized carbons (Fsp3) is 0.448. The molecule has 6 nitrogen and oxygen atoms in total. The third-order valence-electron chi connectivity index (χ3n) is 7.48. The fourth-order valence-electron chi connectivity index (χ4n) is 5.16. The Hall–Kier alpha value is -3.35. The Morgan fingerprint density at radius 3 is 2.61 bits per heavy atom. The van der Waals surface area contributed by atoms with E-state index in [1.165, 1.54) is 0 Å². The highest BCUT2D eigenvalue weighted by Crippen LogP contribution is 2.43. The molecule has 0 spiro atoms. The largest absolute Gasteiger partial charge is 0.508 e. The van der Waals surface area contributed by atoms with Crippen molar-refractivity contribution in [3.8, 4) is 11.6 Å². The quantitative estimate of drug-likeness (QED) is 0.401. The molecule has 1 unspecified atom stereocenters. The van der Waals surface area contributed by atoms with Gasteiger partial charge in [0.05, 0.1) is 13.3 Å². The minimum Gasteiger partial charge on any atom is -0.508 e. The molecule has 1 aliphatic heterocycles. The van der Waals surface area contributed by atoms with E-state index < -0.39 is 0 Å². The summed E-state index contributed by atoms with van der Waals surface area (Å²) in [6, 6.07) is 15.4. The maximum Gasteiger partial charge on any atom is 0.213 e. The van der Waals surface area contributed by atoms with E-state index in [-0.39, 0.29) is 18.3 Å². The highest BCUT2D eigenvalue weighted by atomic mass is 19.1. The van der Waals surface area contributed by atoms with Gasteiger partial charge >= 0.3 is 0 Å². The second-order valence-electron chi connectivity index (χ2n) is 10.1. The SMILES string of the molecule is CN(Cc1ccc(O)cc1N1CCC(COc2cc(C(CF)C3CC3)ccn2)CC1)c1ccccn1. The van der Waals surface area contributed by atoms with Crippen molar-refractivity contribution in [3.63, 3.8) is 0 Å². The van der Waals surface area contributed by atoms with E-state index in [0.717, 1.165) is 61.4 Å². The molecule has 0 bridgehead atoms. The molecule has 3 aromatic rings. The second kappa shape index (κ2) is 11.1. The van der Waals surface area contributed by atoms with Crippen molar-refractivity contribution >= 4 is 11.5 Å². The van der Waals surface area contributed by atoms with Crippen LogP contribution in [-0.4, -0.2) is 48.5 Å². The van der Waals surface area contributed by atoms with Crippen molar-refractivity contribution in [1.82, 2.24) is 9.97 Å². The van der Waals surface area contributed by atoms with Crippen molar-refractivity contribution in [3.05, 3.63) is 72.1 Å². The Labute approximate surface area is 212 Å². The summed E-state index contributed by atoms with van der Waals surface area (Å²) < 4.78 is 19.6. The number of phenols is 1. The maximum atomic E-state index is 13.5. The molecule has 2 aromatic heterocycles. The first-order chi connectivity index (χ1) is 17.6. The van der Waals surface area contributed by atoms with Gasteiger partial charge in [0.25, 0.3) is 0 Å². The van der Waals surface area contributed by atoms with Gasteiger partial charge in [-0.25, -0.2) is 9.97 Å². The van der Waals surface area contributed by atoms with Crippen LogP contribution in [0.25, 0.3) is 0 Å². The van der Waals surface area contributed by atoms with E-state index in [1.54, 1.807) is 18.5 Å². The zero-order valence-corrected chi connectivity index (χ0v) is 20.9. The normalized spacial score (nSPS) is 17.1. The van der Waals surface area contributed by atoms with Gasteiger partial charge in [-0.15, -0.1) is 0 Å². The highest BCUT2D eigenvalue weighted by molar-refractivity contribution is 5.58. The molecule has 2 aliphatic rings. The Kier molecular flexibility index (Phi) is 7.54. The summed E-state index contributed by atoms with van der Waals surface area (Å²) in [4.78, 5) is 13.3. The average molecular weight is 491 g/mol. The van der Waals surface area contributed by atoms with Gasteiger partial charge in [0.2, 0.25) is 5.88 Å². The lowest BCUT2D eigenvalue weighted by Gasteiger charge is -2.35. The van der Waals surface area contributed by atoms with Gasteiger partial charge in [-0.05, 0) is 72.9 Å². The molecular formula is C29H35FN4O2. The van der Waals surface area contributed by atoms with Gasteiger partial charge in [0.1, 0.15) is 11.6 Å². The fourth-order valence-corrected chi connectivity index (χ4v) is 5.16. The molecule has 1 saturated heterocycles. The number of halogens is 1. The predicted molar refractivity (Wildman–Crippen MR) is 141 cm³/mol. The number of pyridine rings is 2. The summed E-state index contributed by atoms with van der Waals surface area (Å²) in [5, 5.41) is 10.2. The van der Waals surface area contributed by atoms with E-state index in [2.05, 4.69) is 19.8 Å². The van der Waals surface area contributed by atoms with Gasteiger partial charge < -0.3 is 19.6 Å². The molecule has 3 heterocycles. The van der Waals surface area contributed by atoms with Crippen LogP contribution in [0, 0.1) is 11.8 Å². The second-order valence-corrected chi connectivity index (χ2v) is 10.1. The highest BCUT2D eigenvalue weighted by Gasteiger charge is 2.32. The molecule has 0 amide bonds. The molecule has 7 heteroatoms. The smallest absolute Gasteiger partial charge is 0.213 e. The predicted octanol–water partition coefficient (Wildman–Crippen LogP) is 5.58. The van der Waals surface area contributed by atoms with Gasteiger partial charge in [-0.3, -0.25) is 4.39 Å². The van der Waals surface area contributed by atoms with Crippen LogP contribution in [-0.2, 0) is 6.54 Å². The molecule has 1 aliphatic carbocycles. The van der Waals surface area contributed by atoms with E-state index in [0.29, 0.717) is 30.9 Å². The third-order valence-corrected chi connectivity index (χ3v) is 7.48. The number of aromatic hydroxyl groups is 1. The monoisotopic (exact) mass is 490 g/mol. The number of aromatic nitrogens is 2. The maximum absolute atomic E-state index is 13.5. The summed E-state index contributed by atoms with van der Waals surface area (Å²) in [6.07, 6.45) is 7.77. The first-order valence-corrected chi connectivity index (χ1v) is 12.9. The summed E-state index contributed by atoms with van der Waals surface area (Å²) in [7, 11) is 2.03. The van der Waals surface area contributed by atoms with E-state index in [9.17, 15) is 9.50 Å². The van der Waals surface area contributed by atoms with Crippen molar-refractivity contribution in [2.75, 3.05) is 43.2 Å². The van der Waals surface area contributed by atoms with Crippen LogP contribution in [0.2, 0.25) is 0 Å². The van der Waals surface area contributed by atoms with Crippen LogP contribution in [0.3, 0.4) is 0 Å². The van der Waals surface area contributed by atoms with Crippen LogP contribution in [0.5, 0.6) is 11.6 Å². The zero-order valence-electron chi connectivity index (χ0n) is 20.9. The summed E-state index contributed by atoms with van der Waals surface area (Å²) >= 11 is 0. The Morgan fingerprint density at radius 2 is 1.89 bits per heavy atom. The molecular weight excluding hydrogens is 455 g/mol. The molecule has 1 aromatic carbocycles. The van der Waals surface area contributed by atoms with Crippen LogP contribution < -0.4 is 14.5 Å². The number of ether oxygens (including phenoxy) is 1. The van der Waals surface area contributed by atoms with Crippen molar-refractivity contribution in [1.29, 1.82) is 0 Å².